The van der Waals surface area contributed by atoms with Crippen molar-refractivity contribution >= 4 is 24.0 Å². The smallest absolute Gasteiger partial charge is 0.244 e. The van der Waals surface area contributed by atoms with Gasteiger partial charge in [-0.15, -0.1) is 12.4 Å². The van der Waals surface area contributed by atoms with Crippen LogP contribution in [-0.4, -0.2) is 21.6 Å². The van der Waals surface area contributed by atoms with E-state index in [1.54, 1.807) is 6.20 Å². The highest BCUT2D eigenvalue weighted by Gasteiger charge is 2.35. The van der Waals surface area contributed by atoms with E-state index in [-0.39, 0.29) is 18.3 Å². The Kier molecular flexibility index (Phi) is 5.21. The third-order valence-corrected chi connectivity index (χ3v) is 4.15. The summed E-state index contributed by atoms with van der Waals surface area (Å²) in [5, 5.41) is 9.78. The second-order valence-electron chi connectivity index (χ2n) is 5.72. The number of aromatic nitrogens is 2. The number of rotatable bonds is 3. The van der Waals surface area contributed by atoms with Crippen LogP contribution in [0.15, 0.2) is 36.5 Å². The van der Waals surface area contributed by atoms with Gasteiger partial charge in [-0.1, -0.05) is 31.4 Å². The summed E-state index contributed by atoms with van der Waals surface area (Å²) in [6.45, 7) is 0. The van der Waals surface area contributed by atoms with Gasteiger partial charge in [0.15, 0.2) is 0 Å². The van der Waals surface area contributed by atoms with Gasteiger partial charge in [-0.05, 0) is 36.6 Å². The zero-order valence-corrected chi connectivity index (χ0v) is 13.2. The van der Waals surface area contributed by atoms with Crippen LogP contribution >= 0.6 is 12.4 Å². The molecule has 2 aromatic rings. The highest BCUT2D eigenvalue weighted by molar-refractivity contribution is 5.98. The molecule has 0 atom stereocenters. The highest BCUT2D eigenvalue weighted by Crippen LogP contribution is 2.27. The molecule has 1 aromatic carbocycles. The molecule has 3 rings (SSSR count). The minimum absolute atomic E-state index is 0. The van der Waals surface area contributed by atoms with Gasteiger partial charge in [0.05, 0.1) is 11.2 Å². The maximum absolute atomic E-state index is 12.4. The summed E-state index contributed by atoms with van der Waals surface area (Å²) in [6.07, 6.45) is 6.48. The molecular formula is C16H21ClN4O. The second kappa shape index (κ2) is 6.94. The topological polar surface area (TPSA) is 83.8 Å². The van der Waals surface area contributed by atoms with Crippen LogP contribution in [0.25, 0.3) is 11.3 Å². The van der Waals surface area contributed by atoms with Crippen molar-refractivity contribution < 1.29 is 4.79 Å². The number of halogens is 1. The minimum Gasteiger partial charge on any atom is -0.324 e. The number of nitrogens with zero attached hydrogens (tertiary/aromatic N) is 1. The van der Waals surface area contributed by atoms with E-state index >= 15 is 0 Å². The summed E-state index contributed by atoms with van der Waals surface area (Å²) in [4.78, 5) is 12.4. The van der Waals surface area contributed by atoms with Crippen molar-refractivity contribution in [2.75, 3.05) is 5.32 Å². The Bertz CT molecular complexity index is 604. The average molecular weight is 321 g/mol. The van der Waals surface area contributed by atoms with Gasteiger partial charge in [-0.2, -0.15) is 5.10 Å². The molecule has 5 nitrogen and oxygen atoms in total. The number of amides is 1. The standard InChI is InChI=1S/C16H20N4O.ClH/c17-16(9-2-1-3-10-16)15(21)19-13-6-4-12(5-7-13)14-8-11-18-20-14;/h4-8,11H,1-3,9-10,17H2,(H,18,20)(H,19,21);1H. The van der Waals surface area contributed by atoms with E-state index in [4.69, 9.17) is 5.73 Å². The van der Waals surface area contributed by atoms with Crippen molar-refractivity contribution in [2.45, 2.75) is 37.6 Å². The van der Waals surface area contributed by atoms with E-state index in [1.807, 2.05) is 30.3 Å². The monoisotopic (exact) mass is 320 g/mol. The fourth-order valence-electron chi connectivity index (χ4n) is 2.82. The van der Waals surface area contributed by atoms with Crippen molar-refractivity contribution in [3.8, 4) is 11.3 Å². The molecule has 0 bridgehead atoms. The molecule has 0 unspecified atom stereocenters. The number of anilines is 1. The van der Waals surface area contributed by atoms with Crippen LogP contribution in [0.2, 0.25) is 0 Å². The van der Waals surface area contributed by atoms with Gasteiger partial charge < -0.3 is 11.1 Å². The summed E-state index contributed by atoms with van der Waals surface area (Å²) in [6, 6.07) is 9.59. The maximum atomic E-state index is 12.4. The predicted molar refractivity (Wildman–Crippen MR) is 89.9 cm³/mol. The number of nitrogens with two attached hydrogens (primary N) is 1. The summed E-state index contributed by atoms with van der Waals surface area (Å²) in [7, 11) is 0. The average Bonchev–Trinajstić information content (AvgIpc) is 3.03. The first-order valence-corrected chi connectivity index (χ1v) is 7.38. The van der Waals surface area contributed by atoms with Gasteiger partial charge in [0, 0.05) is 11.9 Å². The zero-order valence-electron chi connectivity index (χ0n) is 12.3. The molecule has 1 fully saturated rings. The lowest BCUT2D eigenvalue weighted by molar-refractivity contribution is -0.122. The number of H-pyrrole nitrogens is 1. The molecule has 1 aromatic heterocycles. The molecule has 4 N–H and O–H groups in total. The van der Waals surface area contributed by atoms with Crippen LogP contribution < -0.4 is 11.1 Å². The van der Waals surface area contributed by atoms with Crippen LogP contribution in [0.5, 0.6) is 0 Å². The third kappa shape index (κ3) is 3.48. The Morgan fingerprint density at radius 2 is 1.82 bits per heavy atom. The van der Waals surface area contributed by atoms with Gasteiger partial charge in [-0.25, -0.2) is 0 Å². The number of carbonyl (C=O) groups excluding carboxylic acids is 1. The molecule has 0 spiro atoms. The van der Waals surface area contributed by atoms with Crippen LogP contribution in [0, 0.1) is 0 Å². The largest absolute Gasteiger partial charge is 0.324 e. The van der Waals surface area contributed by atoms with Crippen molar-refractivity contribution in [2.24, 2.45) is 5.73 Å². The molecule has 0 aliphatic heterocycles. The van der Waals surface area contributed by atoms with Gasteiger partial charge in [0.2, 0.25) is 5.91 Å². The van der Waals surface area contributed by atoms with Crippen molar-refractivity contribution in [3.05, 3.63) is 36.5 Å². The van der Waals surface area contributed by atoms with E-state index in [9.17, 15) is 4.79 Å². The van der Waals surface area contributed by atoms with E-state index in [1.165, 1.54) is 6.42 Å². The number of hydrogen-bond donors (Lipinski definition) is 3. The maximum Gasteiger partial charge on any atom is 0.244 e. The minimum atomic E-state index is -0.708. The fraction of sp³-hybridized carbons (Fsp3) is 0.375. The van der Waals surface area contributed by atoms with Gasteiger partial charge in [0.1, 0.15) is 0 Å². The lowest BCUT2D eigenvalue weighted by Crippen LogP contribution is -2.52. The number of benzene rings is 1. The van der Waals surface area contributed by atoms with Crippen LogP contribution in [0.3, 0.4) is 0 Å². The lowest BCUT2D eigenvalue weighted by atomic mass is 9.82. The van der Waals surface area contributed by atoms with Crippen LogP contribution in [0.4, 0.5) is 5.69 Å². The Hall–Kier alpha value is -1.85. The molecule has 118 valence electrons. The SMILES string of the molecule is Cl.NC1(C(=O)Nc2ccc(-c3ccn[nH]3)cc2)CCCCC1. The predicted octanol–water partition coefficient (Wildman–Crippen LogP) is 3.10. The molecular weight excluding hydrogens is 300 g/mol. The summed E-state index contributed by atoms with van der Waals surface area (Å²) in [5.41, 5.74) is 8.29. The van der Waals surface area contributed by atoms with Crippen molar-refractivity contribution in [1.82, 2.24) is 10.2 Å². The Morgan fingerprint density at radius 1 is 1.14 bits per heavy atom. The zero-order chi connectivity index (χ0) is 14.7. The highest BCUT2D eigenvalue weighted by atomic mass is 35.5. The van der Waals surface area contributed by atoms with Gasteiger partial charge in [0.25, 0.3) is 0 Å². The molecule has 1 amide bonds. The molecule has 1 aliphatic rings. The molecule has 6 heteroatoms. The first kappa shape index (κ1) is 16.5. The number of nitrogens with one attached hydrogen (secondary N) is 2. The number of hydrogen-bond acceptors (Lipinski definition) is 3. The normalized spacial score (nSPS) is 16.6. The van der Waals surface area contributed by atoms with Crippen molar-refractivity contribution in [1.29, 1.82) is 0 Å². The first-order chi connectivity index (χ1) is 10.2. The van der Waals surface area contributed by atoms with E-state index < -0.39 is 5.54 Å². The van der Waals surface area contributed by atoms with E-state index in [0.717, 1.165) is 42.6 Å². The second-order valence-corrected chi connectivity index (χ2v) is 5.72. The van der Waals surface area contributed by atoms with Crippen molar-refractivity contribution in [3.63, 3.8) is 0 Å². The van der Waals surface area contributed by atoms with E-state index in [2.05, 4.69) is 15.5 Å². The lowest BCUT2D eigenvalue weighted by Gasteiger charge is -2.31. The molecule has 1 heterocycles. The van der Waals surface area contributed by atoms with Crippen LogP contribution in [-0.2, 0) is 4.79 Å². The van der Waals surface area contributed by atoms with Gasteiger partial charge in [-0.3, -0.25) is 9.89 Å². The summed E-state index contributed by atoms with van der Waals surface area (Å²) >= 11 is 0. The summed E-state index contributed by atoms with van der Waals surface area (Å²) < 4.78 is 0. The first-order valence-electron chi connectivity index (χ1n) is 7.38. The molecule has 0 saturated heterocycles. The third-order valence-electron chi connectivity index (χ3n) is 4.15. The van der Waals surface area contributed by atoms with Gasteiger partial charge >= 0.3 is 0 Å². The Balaban J connectivity index is 0.00000176. The molecule has 0 radical (unpaired) electrons. The molecule has 1 aliphatic carbocycles. The Labute approximate surface area is 136 Å². The quantitative estimate of drug-likeness (QED) is 0.812. The molecule has 22 heavy (non-hydrogen) atoms. The summed E-state index contributed by atoms with van der Waals surface area (Å²) in [5.74, 6) is -0.0727. The van der Waals surface area contributed by atoms with E-state index in [0.29, 0.717) is 0 Å². The number of carbonyl (C=O) groups is 1. The molecule has 1 saturated carbocycles. The van der Waals surface area contributed by atoms with Crippen LogP contribution in [0.1, 0.15) is 32.1 Å². The number of aromatic amines is 1. The Morgan fingerprint density at radius 3 is 2.41 bits per heavy atom. The fourth-order valence-corrected chi connectivity index (χ4v) is 2.82.